The van der Waals surface area contributed by atoms with Crippen molar-refractivity contribution in [1.82, 2.24) is 14.5 Å². The number of para-hydroxylation sites is 2. The molecule has 0 saturated heterocycles. The van der Waals surface area contributed by atoms with Crippen LogP contribution in [0.15, 0.2) is 146 Å². The Morgan fingerprint density at radius 1 is 0.742 bits per heavy atom. The van der Waals surface area contributed by atoms with Crippen molar-refractivity contribution in [2.45, 2.75) is 86.2 Å². The van der Waals surface area contributed by atoms with Gasteiger partial charge in [0, 0.05) is 46.3 Å². The molecular formula is C60H59IrN3SSi-2. The van der Waals surface area contributed by atoms with E-state index in [9.17, 15) is 0 Å². The smallest absolute Gasteiger partial charge is 0.0798 e. The van der Waals surface area contributed by atoms with Crippen LogP contribution in [-0.2, 0) is 26.5 Å². The minimum atomic E-state index is -2.56. The van der Waals surface area contributed by atoms with E-state index in [1.54, 1.807) is 12.3 Å². The van der Waals surface area contributed by atoms with Crippen molar-refractivity contribution < 1.29 is 29.7 Å². The summed E-state index contributed by atoms with van der Waals surface area (Å²) in [5.74, 6) is 1.32. The first-order valence-electron chi connectivity index (χ1n) is 26.1. The van der Waals surface area contributed by atoms with Gasteiger partial charge in [0.2, 0.25) is 0 Å². The zero-order chi connectivity index (χ0) is 51.6. The minimum absolute atomic E-state index is 0. The molecule has 0 aliphatic rings. The van der Waals surface area contributed by atoms with Crippen molar-refractivity contribution in [2.24, 2.45) is 5.92 Å². The summed E-state index contributed by atoms with van der Waals surface area (Å²) in [4.78, 5) is 9.76. The Labute approximate surface area is 420 Å². The van der Waals surface area contributed by atoms with Crippen LogP contribution in [0.4, 0.5) is 0 Å². The number of hydrogen-bond acceptors (Lipinski definition) is 3. The second kappa shape index (κ2) is 19.4. The molecule has 3 nitrogen and oxygen atoms in total. The van der Waals surface area contributed by atoms with Gasteiger partial charge >= 0.3 is 0 Å². The van der Waals surface area contributed by atoms with E-state index in [0.29, 0.717) is 28.7 Å². The van der Waals surface area contributed by atoms with Gasteiger partial charge in [0.25, 0.3) is 0 Å². The molecule has 10 rings (SSSR count). The molecule has 0 N–H and O–H groups in total. The number of imidazole rings is 1. The third-order valence-electron chi connectivity index (χ3n) is 12.0. The van der Waals surface area contributed by atoms with Gasteiger partial charge in [-0.2, -0.15) is 11.3 Å². The van der Waals surface area contributed by atoms with Crippen LogP contribution in [0.25, 0.3) is 81.4 Å². The van der Waals surface area contributed by atoms with Crippen LogP contribution in [0.2, 0.25) is 19.6 Å². The second-order valence-corrected chi connectivity index (χ2v) is 24.9. The largest absolute Gasteiger partial charge is 0.333 e. The van der Waals surface area contributed by atoms with Gasteiger partial charge in [-0.05, 0) is 108 Å². The van der Waals surface area contributed by atoms with Crippen LogP contribution in [-0.4, -0.2) is 22.6 Å². The summed E-state index contributed by atoms with van der Waals surface area (Å²) in [7, 11) is -1.87. The van der Waals surface area contributed by atoms with Crippen molar-refractivity contribution in [3.8, 4) is 39.5 Å². The van der Waals surface area contributed by atoms with E-state index in [4.69, 9.17) is 14.6 Å². The first-order chi connectivity index (χ1) is 34.0. The van der Waals surface area contributed by atoms with E-state index in [0.717, 1.165) is 27.6 Å². The van der Waals surface area contributed by atoms with Gasteiger partial charge in [0.05, 0.1) is 24.9 Å². The topological polar surface area (TPSA) is 30.7 Å². The van der Waals surface area contributed by atoms with E-state index in [1.807, 2.05) is 25.2 Å². The molecule has 66 heavy (non-hydrogen) atoms. The summed E-state index contributed by atoms with van der Waals surface area (Å²) in [5.41, 5.74) is 10.5. The molecule has 0 unspecified atom stereocenters. The van der Waals surface area contributed by atoms with Gasteiger partial charge in [0.1, 0.15) is 0 Å². The molecule has 6 heteroatoms. The van der Waals surface area contributed by atoms with Crippen molar-refractivity contribution in [1.29, 1.82) is 0 Å². The Morgan fingerprint density at radius 3 is 2.15 bits per heavy atom. The first kappa shape index (κ1) is 38.6. The maximum atomic E-state index is 8.60. The fourth-order valence-electron chi connectivity index (χ4n) is 8.78. The number of thiophene rings is 1. The summed E-state index contributed by atoms with van der Waals surface area (Å²) in [6.45, 7) is 16.7. The van der Waals surface area contributed by atoms with Crippen molar-refractivity contribution in [3.05, 3.63) is 180 Å². The molecule has 1 radical (unpaired) electrons. The Kier molecular flexibility index (Phi) is 11.3. The fraction of sp³-hybridized carbons (Fsp3) is 0.233. The molecule has 0 aliphatic heterocycles. The number of rotatable bonds is 9. The Morgan fingerprint density at radius 2 is 1.45 bits per heavy atom. The average molecular weight is 1080 g/mol. The van der Waals surface area contributed by atoms with Crippen LogP contribution in [0.3, 0.4) is 0 Å². The molecule has 0 atom stereocenters. The predicted molar refractivity (Wildman–Crippen MR) is 284 cm³/mol. The molecule has 3 aromatic heterocycles. The normalized spacial score (nSPS) is 13.8. The van der Waals surface area contributed by atoms with Crippen LogP contribution in [0, 0.1) is 24.9 Å². The zero-order valence-electron chi connectivity index (χ0n) is 46.0. The van der Waals surface area contributed by atoms with Crippen LogP contribution in [0.5, 0.6) is 0 Å². The number of aromatic nitrogens is 3. The standard InChI is InChI=1S/C41H33N2S.C19H26NSi.Ir/c1-25(2)32-23-30(27-12-6-5-7-13-27)24-33(26(3)4)40(32)43-36-17-11-10-16-35(36)42-41(43)29-19-20-37-34(22-29)39-31-15-9-8-14-28(31)18-21-38(39)44-37;1-14(2)11-17-12-18(16-9-7-15(3)8-10-16)20-13-19(17)21(4,5)6;/h5-18,20-26H,1-4H3;7-9,12-14H,11H2,1-6H3;/q2*-1;/i;3D3,7D,8D,11D2;. The molecule has 0 aliphatic carbocycles. The molecule has 0 spiro atoms. The maximum Gasteiger partial charge on any atom is 0.0798 e. The SMILES string of the molecule is CC(C)c1cc(-c2ccccc2)cc(C(C)C)c1-n1c(-c2[c-]cc3sc4ccc5ccccc5c4c3c2)nc2ccccc21.[2H]c1[c-]c(-c2cc(C([2H])([2H])C(C)C)c([Si](C)(C)C)cn2)cc([2H])c1C([2H])([2H])[2H].[Ir]. The minimum Gasteiger partial charge on any atom is -0.333 e. The van der Waals surface area contributed by atoms with E-state index < -0.39 is 21.3 Å². The molecule has 0 amide bonds. The molecule has 0 bridgehead atoms. The van der Waals surface area contributed by atoms with E-state index >= 15 is 0 Å². The molecule has 0 saturated carbocycles. The van der Waals surface area contributed by atoms with E-state index in [2.05, 4.69) is 184 Å². The third kappa shape index (κ3) is 9.39. The Bertz CT molecular complexity index is 3620. The number of hydrogen-bond donors (Lipinski definition) is 0. The quantitative estimate of drug-likeness (QED) is 0.107. The van der Waals surface area contributed by atoms with Crippen LogP contribution >= 0.6 is 11.3 Å². The predicted octanol–water partition coefficient (Wildman–Crippen LogP) is 16.5. The van der Waals surface area contributed by atoms with Crippen molar-refractivity contribution >= 4 is 66.6 Å². The van der Waals surface area contributed by atoms with Gasteiger partial charge in [-0.3, -0.25) is 4.98 Å². The van der Waals surface area contributed by atoms with Crippen molar-refractivity contribution in [3.63, 3.8) is 0 Å². The Balaban J connectivity index is 0.000000214. The van der Waals surface area contributed by atoms with Gasteiger partial charge in [-0.15, -0.1) is 59.1 Å². The summed E-state index contributed by atoms with van der Waals surface area (Å²) in [6.07, 6.45) is 0.120. The van der Waals surface area contributed by atoms with E-state index in [1.165, 1.54) is 65.0 Å². The average Bonchev–Trinajstić information content (AvgIpc) is 3.91. The van der Waals surface area contributed by atoms with Gasteiger partial charge < -0.3 is 9.55 Å². The summed E-state index contributed by atoms with van der Waals surface area (Å²) in [6, 6.07) is 50.5. The first-order valence-corrected chi connectivity index (χ1v) is 26.9. The monoisotopic (exact) mass is 1080 g/mol. The number of pyridine rings is 1. The zero-order valence-corrected chi connectivity index (χ0v) is 43.2. The van der Waals surface area contributed by atoms with Gasteiger partial charge in [-0.25, -0.2) is 0 Å². The number of benzene rings is 7. The Hall–Kier alpha value is -5.49. The fourth-order valence-corrected chi connectivity index (χ4v) is 11.3. The molecule has 335 valence electrons. The summed E-state index contributed by atoms with van der Waals surface area (Å²) in [5, 5.41) is 6.07. The van der Waals surface area contributed by atoms with E-state index in [-0.39, 0.29) is 43.7 Å². The van der Waals surface area contributed by atoms with Crippen LogP contribution in [0.1, 0.15) is 85.2 Å². The molecular weight excluding hydrogens is 1020 g/mol. The van der Waals surface area contributed by atoms with Crippen molar-refractivity contribution in [2.75, 3.05) is 0 Å². The van der Waals surface area contributed by atoms with Gasteiger partial charge in [-0.1, -0.05) is 158 Å². The third-order valence-corrected chi connectivity index (χ3v) is 15.1. The molecule has 10 aromatic rings. The molecule has 0 fully saturated rings. The molecule has 3 heterocycles. The molecule has 7 aromatic carbocycles. The number of nitrogens with zero attached hydrogens (tertiary/aromatic N) is 3. The summed E-state index contributed by atoms with van der Waals surface area (Å²) >= 11 is 1.84. The number of fused-ring (bicyclic) bond motifs is 6. The summed E-state index contributed by atoms with van der Waals surface area (Å²) < 4.78 is 60.7. The van der Waals surface area contributed by atoms with Crippen LogP contribution < -0.4 is 5.19 Å². The van der Waals surface area contributed by atoms with Gasteiger partial charge in [0.15, 0.2) is 0 Å². The maximum absolute atomic E-state index is 8.60. The second-order valence-electron chi connectivity index (χ2n) is 18.8.